The Bertz CT molecular complexity index is 571. The molecule has 1 unspecified atom stereocenters. The molecule has 2 atom stereocenters. The van der Waals surface area contributed by atoms with Crippen LogP contribution >= 0.6 is 11.6 Å². The zero-order valence-corrected chi connectivity index (χ0v) is 13.3. The quantitative estimate of drug-likeness (QED) is 0.797. The van der Waals surface area contributed by atoms with Crippen molar-refractivity contribution in [3.8, 4) is 0 Å². The molecule has 0 radical (unpaired) electrons. The fourth-order valence-corrected chi connectivity index (χ4v) is 2.80. The standard InChI is InChI=1S/C18H22ClN/c1-12-8-13(2)10-17(9-12)15(4)20-14(3)16-6-5-7-18(19)11-16/h5-11,14-15,20H,1-4H3/t14-,15?/m1/s1. The maximum Gasteiger partial charge on any atom is 0.0409 e. The van der Waals surface area contributed by atoms with Crippen LogP contribution in [0, 0.1) is 13.8 Å². The number of nitrogens with one attached hydrogen (secondary N) is 1. The monoisotopic (exact) mass is 287 g/mol. The van der Waals surface area contributed by atoms with E-state index in [1.807, 2.05) is 18.2 Å². The van der Waals surface area contributed by atoms with Crippen LogP contribution in [0.3, 0.4) is 0 Å². The van der Waals surface area contributed by atoms with Gasteiger partial charge < -0.3 is 5.32 Å². The summed E-state index contributed by atoms with van der Waals surface area (Å²) in [7, 11) is 0. The Morgan fingerprint density at radius 3 is 2.05 bits per heavy atom. The van der Waals surface area contributed by atoms with Crippen molar-refractivity contribution in [1.82, 2.24) is 5.32 Å². The minimum absolute atomic E-state index is 0.268. The van der Waals surface area contributed by atoms with Crippen molar-refractivity contribution < 1.29 is 0 Å². The van der Waals surface area contributed by atoms with Crippen molar-refractivity contribution in [1.29, 1.82) is 0 Å². The summed E-state index contributed by atoms with van der Waals surface area (Å²) < 4.78 is 0. The Labute approximate surface area is 127 Å². The molecule has 0 saturated heterocycles. The molecule has 0 aliphatic carbocycles. The van der Waals surface area contributed by atoms with Gasteiger partial charge in [-0.3, -0.25) is 0 Å². The van der Waals surface area contributed by atoms with Crippen molar-refractivity contribution in [3.05, 3.63) is 69.7 Å². The first kappa shape index (κ1) is 15.1. The van der Waals surface area contributed by atoms with Gasteiger partial charge in [-0.05, 0) is 51.0 Å². The zero-order valence-electron chi connectivity index (χ0n) is 12.6. The second-order valence-corrected chi connectivity index (χ2v) is 6.02. The number of halogens is 1. The minimum Gasteiger partial charge on any atom is -0.304 e. The van der Waals surface area contributed by atoms with E-state index in [0.717, 1.165) is 5.02 Å². The Kier molecular flexibility index (Phi) is 4.85. The van der Waals surface area contributed by atoms with E-state index >= 15 is 0 Å². The van der Waals surface area contributed by atoms with Crippen LogP contribution in [0.5, 0.6) is 0 Å². The summed E-state index contributed by atoms with van der Waals surface area (Å²) in [6.07, 6.45) is 0. The van der Waals surface area contributed by atoms with E-state index in [9.17, 15) is 0 Å². The molecule has 106 valence electrons. The van der Waals surface area contributed by atoms with E-state index < -0.39 is 0 Å². The predicted octanol–water partition coefficient (Wildman–Crippen LogP) is 5.37. The molecule has 2 rings (SSSR count). The molecular formula is C18H22ClN. The summed E-state index contributed by atoms with van der Waals surface area (Å²) in [6.45, 7) is 8.66. The number of rotatable bonds is 4. The van der Waals surface area contributed by atoms with Crippen LogP contribution in [-0.4, -0.2) is 0 Å². The summed E-state index contributed by atoms with van der Waals surface area (Å²) in [5, 5.41) is 4.42. The lowest BCUT2D eigenvalue weighted by atomic mass is 10.0. The van der Waals surface area contributed by atoms with Gasteiger partial charge in [0, 0.05) is 17.1 Å². The van der Waals surface area contributed by atoms with Gasteiger partial charge in [-0.1, -0.05) is 53.1 Å². The predicted molar refractivity (Wildman–Crippen MR) is 87.3 cm³/mol. The first-order valence-corrected chi connectivity index (χ1v) is 7.43. The second-order valence-electron chi connectivity index (χ2n) is 5.59. The maximum absolute atomic E-state index is 6.06. The largest absolute Gasteiger partial charge is 0.304 e. The number of hydrogen-bond acceptors (Lipinski definition) is 1. The van der Waals surface area contributed by atoms with Crippen LogP contribution in [-0.2, 0) is 0 Å². The first-order chi connectivity index (χ1) is 9.45. The Morgan fingerprint density at radius 1 is 0.850 bits per heavy atom. The molecule has 0 aliphatic heterocycles. The lowest BCUT2D eigenvalue weighted by Crippen LogP contribution is -2.22. The molecule has 0 aromatic heterocycles. The van der Waals surface area contributed by atoms with Crippen molar-refractivity contribution in [2.75, 3.05) is 0 Å². The SMILES string of the molecule is Cc1cc(C)cc(C(C)N[C@H](C)c2cccc(Cl)c2)c1. The van der Waals surface area contributed by atoms with Gasteiger partial charge in [-0.25, -0.2) is 0 Å². The van der Waals surface area contributed by atoms with Crippen LogP contribution in [0.4, 0.5) is 0 Å². The second kappa shape index (κ2) is 6.43. The molecule has 0 saturated carbocycles. The van der Waals surface area contributed by atoms with Crippen LogP contribution in [0.2, 0.25) is 5.02 Å². The van der Waals surface area contributed by atoms with Crippen LogP contribution < -0.4 is 5.32 Å². The van der Waals surface area contributed by atoms with Gasteiger partial charge in [0.05, 0.1) is 0 Å². The highest BCUT2D eigenvalue weighted by Gasteiger charge is 2.12. The molecule has 0 heterocycles. The van der Waals surface area contributed by atoms with Crippen molar-refractivity contribution >= 4 is 11.6 Å². The van der Waals surface area contributed by atoms with Crippen molar-refractivity contribution in [2.45, 2.75) is 39.8 Å². The van der Waals surface area contributed by atoms with Crippen LogP contribution in [0.15, 0.2) is 42.5 Å². The van der Waals surface area contributed by atoms with Crippen molar-refractivity contribution in [3.63, 3.8) is 0 Å². The smallest absolute Gasteiger partial charge is 0.0409 e. The number of hydrogen-bond donors (Lipinski definition) is 1. The summed E-state index contributed by atoms with van der Waals surface area (Å²) in [5.41, 5.74) is 5.17. The van der Waals surface area contributed by atoms with Gasteiger partial charge in [0.25, 0.3) is 0 Å². The molecule has 2 aromatic carbocycles. The molecule has 2 heteroatoms. The van der Waals surface area contributed by atoms with Gasteiger partial charge in [-0.2, -0.15) is 0 Å². The summed E-state index contributed by atoms with van der Waals surface area (Å²) in [4.78, 5) is 0. The number of benzene rings is 2. The molecule has 0 fully saturated rings. The topological polar surface area (TPSA) is 12.0 Å². The zero-order chi connectivity index (χ0) is 14.7. The highest BCUT2D eigenvalue weighted by Crippen LogP contribution is 2.22. The normalized spacial score (nSPS) is 14.1. The van der Waals surface area contributed by atoms with Gasteiger partial charge in [0.1, 0.15) is 0 Å². The van der Waals surface area contributed by atoms with E-state index in [2.05, 4.69) is 57.3 Å². The molecule has 2 aromatic rings. The van der Waals surface area contributed by atoms with E-state index in [1.165, 1.54) is 22.3 Å². The average molecular weight is 288 g/mol. The third kappa shape index (κ3) is 3.84. The molecule has 0 amide bonds. The highest BCUT2D eigenvalue weighted by atomic mass is 35.5. The van der Waals surface area contributed by atoms with E-state index in [0.29, 0.717) is 6.04 Å². The lowest BCUT2D eigenvalue weighted by Gasteiger charge is -2.21. The maximum atomic E-state index is 6.06. The summed E-state index contributed by atoms with van der Waals surface area (Å²) in [5.74, 6) is 0. The van der Waals surface area contributed by atoms with Gasteiger partial charge >= 0.3 is 0 Å². The number of aryl methyl sites for hydroxylation is 2. The molecule has 0 aliphatic rings. The average Bonchev–Trinajstić information content (AvgIpc) is 2.37. The van der Waals surface area contributed by atoms with Crippen LogP contribution in [0.1, 0.15) is 48.2 Å². The van der Waals surface area contributed by atoms with E-state index in [1.54, 1.807) is 0 Å². The van der Waals surface area contributed by atoms with Gasteiger partial charge in [0.2, 0.25) is 0 Å². The molecule has 0 spiro atoms. The minimum atomic E-state index is 0.268. The van der Waals surface area contributed by atoms with Crippen LogP contribution in [0.25, 0.3) is 0 Å². The summed E-state index contributed by atoms with van der Waals surface area (Å²) in [6, 6.07) is 15.3. The lowest BCUT2D eigenvalue weighted by molar-refractivity contribution is 0.494. The third-order valence-corrected chi connectivity index (χ3v) is 3.83. The Hall–Kier alpha value is -1.31. The third-order valence-electron chi connectivity index (χ3n) is 3.59. The fraction of sp³-hybridized carbons (Fsp3) is 0.333. The van der Waals surface area contributed by atoms with Crippen molar-refractivity contribution in [2.24, 2.45) is 0 Å². The first-order valence-electron chi connectivity index (χ1n) is 7.05. The summed E-state index contributed by atoms with van der Waals surface area (Å²) >= 11 is 6.06. The molecular weight excluding hydrogens is 266 g/mol. The Balaban J connectivity index is 2.12. The molecule has 0 bridgehead atoms. The van der Waals surface area contributed by atoms with E-state index in [-0.39, 0.29) is 6.04 Å². The molecule has 1 nitrogen and oxygen atoms in total. The highest BCUT2D eigenvalue weighted by molar-refractivity contribution is 6.30. The molecule has 20 heavy (non-hydrogen) atoms. The fourth-order valence-electron chi connectivity index (χ4n) is 2.60. The molecule has 1 N–H and O–H groups in total. The Morgan fingerprint density at radius 2 is 1.45 bits per heavy atom. The van der Waals surface area contributed by atoms with Gasteiger partial charge in [-0.15, -0.1) is 0 Å². The van der Waals surface area contributed by atoms with Gasteiger partial charge in [0.15, 0.2) is 0 Å². The van der Waals surface area contributed by atoms with E-state index in [4.69, 9.17) is 11.6 Å².